The fraction of sp³-hybridized carbons (Fsp3) is 0.381. The van der Waals surface area contributed by atoms with Crippen LogP contribution in [0.4, 0.5) is 4.39 Å². The largest absolute Gasteiger partial charge is 0.362 e. The second-order valence-electron chi connectivity index (χ2n) is 7.48. The zero-order valence-corrected chi connectivity index (χ0v) is 15.5. The highest BCUT2D eigenvalue weighted by molar-refractivity contribution is 5.82. The van der Waals surface area contributed by atoms with Crippen molar-refractivity contribution in [3.05, 3.63) is 59.5 Å². The zero-order valence-electron chi connectivity index (χ0n) is 15.5. The summed E-state index contributed by atoms with van der Waals surface area (Å²) >= 11 is 0. The molecule has 2 heterocycles. The van der Waals surface area contributed by atoms with Crippen LogP contribution in [-0.2, 0) is 16.8 Å². The van der Waals surface area contributed by atoms with Crippen molar-refractivity contribution in [1.29, 1.82) is 0 Å². The molecule has 0 amide bonds. The molecule has 0 bridgehead atoms. The van der Waals surface area contributed by atoms with E-state index >= 15 is 0 Å². The molecule has 142 valence electrons. The summed E-state index contributed by atoms with van der Waals surface area (Å²) in [4.78, 5) is 0. The maximum atomic E-state index is 13.9. The number of aromatic nitrogens is 2. The molecule has 0 radical (unpaired) electrons. The van der Waals surface area contributed by atoms with Crippen molar-refractivity contribution < 1.29 is 9.13 Å². The number of halogens is 1. The third-order valence-electron chi connectivity index (χ3n) is 5.45. The summed E-state index contributed by atoms with van der Waals surface area (Å²) in [5.74, 6) is -0.300. The summed E-state index contributed by atoms with van der Waals surface area (Å²) in [6.07, 6.45) is 4.24. The highest BCUT2D eigenvalue weighted by atomic mass is 19.1. The van der Waals surface area contributed by atoms with Gasteiger partial charge >= 0.3 is 0 Å². The van der Waals surface area contributed by atoms with Gasteiger partial charge in [0.15, 0.2) is 0 Å². The van der Waals surface area contributed by atoms with Crippen LogP contribution in [0.5, 0.6) is 0 Å². The van der Waals surface area contributed by atoms with Gasteiger partial charge in [-0.05, 0) is 49.2 Å². The Morgan fingerprint density at radius 3 is 2.81 bits per heavy atom. The molecule has 5 nitrogen and oxygen atoms in total. The lowest BCUT2D eigenvalue weighted by atomic mass is 9.76. The number of hydrogen-bond acceptors (Lipinski definition) is 4. The van der Waals surface area contributed by atoms with E-state index in [9.17, 15) is 4.39 Å². The van der Waals surface area contributed by atoms with Gasteiger partial charge in [-0.2, -0.15) is 5.10 Å². The molecule has 1 atom stereocenters. The number of hydrogen-bond donors (Lipinski definition) is 2. The van der Waals surface area contributed by atoms with E-state index < -0.39 is 0 Å². The number of nitrogens with one attached hydrogen (secondary N) is 1. The molecule has 2 aromatic carbocycles. The molecule has 4 rings (SSSR count). The number of ether oxygens (including phenoxy) is 1. The summed E-state index contributed by atoms with van der Waals surface area (Å²) in [6.45, 7) is 4.74. The van der Waals surface area contributed by atoms with Crippen LogP contribution in [0.15, 0.2) is 42.6 Å². The van der Waals surface area contributed by atoms with Gasteiger partial charge in [-0.1, -0.05) is 19.1 Å². The number of nitrogens with two attached hydrogens (primary N) is 1. The molecule has 1 aliphatic heterocycles. The lowest BCUT2D eigenvalue weighted by Gasteiger charge is -2.34. The molecule has 1 fully saturated rings. The first kappa shape index (κ1) is 18.1. The van der Waals surface area contributed by atoms with Gasteiger partial charge in [-0.3, -0.25) is 0 Å². The minimum absolute atomic E-state index is 0.0911. The number of nitrogens with zero attached hydrogens (tertiary/aromatic N) is 2. The Morgan fingerprint density at radius 2 is 2.11 bits per heavy atom. The van der Waals surface area contributed by atoms with Crippen LogP contribution in [0.1, 0.15) is 30.9 Å². The van der Waals surface area contributed by atoms with Gasteiger partial charge in [0.2, 0.25) is 0 Å². The van der Waals surface area contributed by atoms with Gasteiger partial charge in [-0.15, -0.1) is 0 Å². The second kappa shape index (κ2) is 7.38. The van der Waals surface area contributed by atoms with E-state index in [1.807, 2.05) is 6.20 Å². The zero-order chi connectivity index (χ0) is 18.9. The maximum Gasteiger partial charge on any atom is 0.124 e. The molecule has 27 heavy (non-hydrogen) atoms. The molecular formula is C21H25FN4O. The molecule has 0 unspecified atom stereocenters. The molecule has 1 aromatic heterocycles. The van der Waals surface area contributed by atoms with Gasteiger partial charge in [-0.25, -0.2) is 9.07 Å². The first-order valence-electron chi connectivity index (χ1n) is 9.36. The summed E-state index contributed by atoms with van der Waals surface area (Å²) in [5, 5.41) is 8.89. The number of benzene rings is 2. The van der Waals surface area contributed by atoms with Crippen molar-refractivity contribution in [2.75, 3.05) is 19.8 Å². The Bertz CT molecular complexity index is 929. The van der Waals surface area contributed by atoms with Crippen LogP contribution in [0.25, 0.3) is 16.6 Å². The Morgan fingerprint density at radius 1 is 1.30 bits per heavy atom. The van der Waals surface area contributed by atoms with Crippen LogP contribution in [0.3, 0.4) is 0 Å². The fourth-order valence-electron chi connectivity index (χ4n) is 3.90. The third-order valence-corrected chi connectivity index (χ3v) is 5.45. The standard InChI is InChI=1S/C21H25FN4O/c1-21(7-2-8-24-13-21)17-3-5-19(6-4-17)26-11-15-9-18(22)10-16(12-27-14-23)20(15)25-26/h3-6,9-11,24H,2,7-8,12-14,23H2,1H3/t21-/m1/s1. The quantitative estimate of drug-likeness (QED) is 0.679. The van der Waals surface area contributed by atoms with Gasteiger partial charge < -0.3 is 15.8 Å². The van der Waals surface area contributed by atoms with Crippen LogP contribution < -0.4 is 11.1 Å². The predicted octanol–water partition coefficient (Wildman–Crippen LogP) is 3.24. The van der Waals surface area contributed by atoms with E-state index in [0.29, 0.717) is 5.56 Å². The van der Waals surface area contributed by atoms with E-state index in [1.165, 1.54) is 30.5 Å². The van der Waals surface area contributed by atoms with Crippen molar-refractivity contribution in [3.8, 4) is 5.69 Å². The normalized spacial score (nSPS) is 20.3. The minimum Gasteiger partial charge on any atom is -0.362 e. The lowest BCUT2D eigenvalue weighted by Crippen LogP contribution is -2.41. The number of rotatable bonds is 5. The van der Waals surface area contributed by atoms with E-state index in [4.69, 9.17) is 10.5 Å². The first-order chi connectivity index (χ1) is 13.1. The van der Waals surface area contributed by atoms with E-state index in [-0.39, 0.29) is 24.6 Å². The van der Waals surface area contributed by atoms with Crippen molar-refractivity contribution in [2.45, 2.75) is 31.8 Å². The summed E-state index contributed by atoms with van der Waals surface area (Å²) in [5.41, 5.74) is 9.28. The summed E-state index contributed by atoms with van der Waals surface area (Å²) < 4.78 is 20.9. The van der Waals surface area contributed by atoms with E-state index in [1.54, 1.807) is 4.68 Å². The monoisotopic (exact) mass is 368 g/mol. The molecule has 0 saturated carbocycles. The average Bonchev–Trinajstić information content (AvgIpc) is 3.11. The maximum absolute atomic E-state index is 13.9. The fourth-order valence-corrected chi connectivity index (χ4v) is 3.90. The second-order valence-corrected chi connectivity index (χ2v) is 7.48. The topological polar surface area (TPSA) is 65.1 Å². The third kappa shape index (κ3) is 3.60. The molecule has 1 aliphatic rings. The van der Waals surface area contributed by atoms with Gasteiger partial charge in [0.1, 0.15) is 5.82 Å². The smallest absolute Gasteiger partial charge is 0.124 e. The van der Waals surface area contributed by atoms with Gasteiger partial charge in [0.25, 0.3) is 0 Å². The molecule has 6 heteroatoms. The first-order valence-corrected chi connectivity index (χ1v) is 9.36. The summed E-state index contributed by atoms with van der Waals surface area (Å²) in [6, 6.07) is 11.5. The molecule has 0 spiro atoms. The Balaban J connectivity index is 1.66. The lowest BCUT2D eigenvalue weighted by molar-refractivity contribution is 0.128. The molecule has 3 N–H and O–H groups in total. The minimum atomic E-state index is -0.300. The Hall–Kier alpha value is -2.28. The van der Waals surface area contributed by atoms with E-state index in [2.05, 4.69) is 41.6 Å². The Kier molecular flexibility index (Phi) is 4.95. The van der Waals surface area contributed by atoms with Crippen molar-refractivity contribution in [2.24, 2.45) is 5.73 Å². The number of fused-ring (bicyclic) bond motifs is 1. The highest BCUT2D eigenvalue weighted by Crippen LogP contribution is 2.31. The predicted molar refractivity (Wildman–Crippen MR) is 104 cm³/mol. The van der Waals surface area contributed by atoms with Crippen LogP contribution in [0, 0.1) is 5.82 Å². The summed E-state index contributed by atoms with van der Waals surface area (Å²) in [7, 11) is 0. The molecular weight excluding hydrogens is 343 g/mol. The van der Waals surface area contributed by atoms with Crippen LogP contribution >= 0.6 is 0 Å². The van der Waals surface area contributed by atoms with Crippen LogP contribution in [-0.4, -0.2) is 29.6 Å². The number of piperidine rings is 1. The molecule has 0 aliphatic carbocycles. The average molecular weight is 368 g/mol. The molecule has 1 saturated heterocycles. The Labute approximate surface area is 158 Å². The van der Waals surface area contributed by atoms with E-state index in [0.717, 1.165) is 29.7 Å². The molecule has 3 aromatic rings. The van der Waals surface area contributed by atoms with Crippen molar-refractivity contribution in [1.82, 2.24) is 15.1 Å². The van der Waals surface area contributed by atoms with Crippen molar-refractivity contribution >= 4 is 10.9 Å². The SMILES string of the molecule is C[C@@]1(c2ccc(-n3cc4cc(F)cc(COCN)c4n3)cc2)CCCNC1. The highest BCUT2D eigenvalue weighted by Gasteiger charge is 2.28. The van der Waals surface area contributed by atoms with Crippen molar-refractivity contribution in [3.63, 3.8) is 0 Å². The van der Waals surface area contributed by atoms with Gasteiger partial charge in [0.05, 0.1) is 24.5 Å². The van der Waals surface area contributed by atoms with Crippen LogP contribution in [0.2, 0.25) is 0 Å². The van der Waals surface area contributed by atoms with Gasteiger partial charge in [0, 0.05) is 29.1 Å².